The number of hydrogen-bond donors (Lipinski definition) is 2. The van der Waals surface area contributed by atoms with E-state index in [1.807, 2.05) is 0 Å². The smallest absolute Gasteiger partial charge is 0.271 e. The molecular formula is C9H10BrN3O3. The molecule has 0 saturated heterocycles. The van der Waals surface area contributed by atoms with Gasteiger partial charge in [-0.15, -0.1) is 0 Å². The van der Waals surface area contributed by atoms with Gasteiger partial charge >= 0.3 is 0 Å². The van der Waals surface area contributed by atoms with E-state index < -0.39 is 16.9 Å². The second-order valence-electron chi connectivity index (χ2n) is 3.20. The first-order valence-corrected chi connectivity index (χ1v) is 5.21. The molecule has 0 aliphatic carbocycles. The predicted molar refractivity (Wildman–Crippen MR) is 63.1 cm³/mol. The quantitative estimate of drug-likeness (QED) is 0.652. The van der Waals surface area contributed by atoms with Gasteiger partial charge < -0.3 is 11.1 Å². The number of carbonyl (C=O) groups is 1. The Kier molecular flexibility index (Phi) is 3.97. The molecule has 0 heterocycles. The summed E-state index contributed by atoms with van der Waals surface area (Å²) in [6.07, 6.45) is 0. The van der Waals surface area contributed by atoms with Gasteiger partial charge in [-0.05, 0) is 28.9 Å². The van der Waals surface area contributed by atoms with E-state index in [1.54, 1.807) is 0 Å². The molecule has 0 aromatic heterocycles. The number of nitro benzene ring substituents is 1. The van der Waals surface area contributed by atoms with Crippen LogP contribution in [0.15, 0.2) is 22.7 Å². The van der Waals surface area contributed by atoms with Crippen molar-refractivity contribution in [2.45, 2.75) is 13.0 Å². The summed E-state index contributed by atoms with van der Waals surface area (Å²) in [5.41, 5.74) is 5.61. The van der Waals surface area contributed by atoms with Gasteiger partial charge in [0.1, 0.15) is 0 Å². The molecule has 0 bridgehead atoms. The highest BCUT2D eigenvalue weighted by Gasteiger charge is 2.13. The Morgan fingerprint density at radius 2 is 2.25 bits per heavy atom. The molecule has 1 atom stereocenters. The Morgan fingerprint density at radius 3 is 2.75 bits per heavy atom. The van der Waals surface area contributed by atoms with Crippen molar-refractivity contribution >= 4 is 33.2 Å². The molecule has 1 rings (SSSR count). The number of amides is 1. The molecule has 0 aliphatic heterocycles. The molecule has 1 amide bonds. The minimum absolute atomic E-state index is 0.0943. The van der Waals surface area contributed by atoms with Crippen molar-refractivity contribution in [2.24, 2.45) is 5.73 Å². The average molecular weight is 288 g/mol. The number of nitrogens with zero attached hydrogens (tertiary/aromatic N) is 1. The average Bonchev–Trinajstić information content (AvgIpc) is 2.20. The van der Waals surface area contributed by atoms with Crippen LogP contribution in [0.5, 0.6) is 0 Å². The zero-order chi connectivity index (χ0) is 12.3. The van der Waals surface area contributed by atoms with E-state index in [-0.39, 0.29) is 5.69 Å². The standard InChI is InChI=1S/C9H10BrN3O3/c1-5(11)9(14)12-8-4-6(13(15)16)2-3-7(8)10/h2-5H,11H2,1H3,(H,12,14)/t5-/m0/s1. The summed E-state index contributed by atoms with van der Waals surface area (Å²) in [6, 6.07) is 3.43. The fourth-order valence-electron chi connectivity index (χ4n) is 0.969. The van der Waals surface area contributed by atoms with Crippen molar-refractivity contribution in [3.8, 4) is 0 Å². The Hall–Kier alpha value is -1.47. The summed E-state index contributed by atoms with van der Waals surface area (Å²) in [5, 5.41) is 13.0. The largest absolute Gasteiger partial charge is 0.324 e. The van der Waals surface area contributed by atoms with E-state index in [4.69, 9.17) is 5.73 Å². The predicted octanol–water partition coefficient (Wildman–Crippen LogP) is 1.64. The summed E-state index contributed by atoms with van der Waals surface area (Å²) in [4.78, 5) is 21.3. The third kappa shape index (κ3) is 3.01. The molecule has 7 heteroatoms. The first kappa shape index (κ1) is 12.6. The van der Waals surface area contributed by atoms with Gasteiger partial charge in [0.2, 0.25) is 5.91 Å². The normalized spacial score (nSPS) is 11.9. The van der Waals surface area contributed by atoms with E-state index in [0.717, 1.165) is 0 Å². The first-order chi connectivity index (χ1) is 7.41. The van der Waals surface area contributed by atoms with Crippen molar-refractivity contribution in [1.82, 2.24) is 0 Å². The Labute approximate surface area is 100 Å². The number of non-ortho nitro benzene ring substituents is 1. The number of hydrogen-bond acceptors (Lipinski definition) is 4. The van der Waals surface area contributed by atoms with Crippen molar-refractivity contribution in [2.75, 3.05) is 5.32 Å². The zero-order valence-corrected chi connectivity index (χ0v) is 10.0. The van der Waals surface area contributed by atoms with E-state index in [1.165, 1.54) is 25.1 Å². The highest BCUT2D eigenvalue weighted by molar-refractivity contribution is 9.10. The number of benzene rings is 1. The number of carbonyl (C=O) groups excluding carboxylic acids is 1. The van der Waals surface area contributed by atoms with Gasteiger partial charge in [0.25, 0.3) is 5.69 Å². The Balaban J connectivity index is 2.99. The van der Waals surface area contributed by atoms with Crippen molar-refractivity contribution in [1.29, 1.82) is 0 Å². The second kappa shape index (κ2) is 5.04. The van der Waals surface area contributed by atoms with Crippen LogP contribution in [-0.4, -0.2) is 16.9 Å². The summed E-state index contributed by atoms with van der Waals surface area (Å²) < 4.78 is 0.562. The van der Waals surface area contributed by atoms with Gasteiger partial charge in [0, 0.05) is 16.6 Å². The molecule has 0 saturated carbocycles. The van der Waals surface area contributed by atoms with Gasteiger partial charge in [-0.2, -0.15) is 0 Å². The third-order valence-corrected chi connectivity index (χ3v) is 2.52. The summed E-state index contributed by atoms with van der Waals surface area (Å²) >= 11 is 3.18. The van der Waals surface area contributed by atoms with E-state index in [0.29, 0.717) is 10.2 Å². The molecule has 0 fully saturated rings. The molecule has 0 unspecified atom stereocenters. The molecule has 1 aromatic carbocycles. The van der Waals surface area contributed by atoms with Crippen LogP contribution in [0, 0.1) is 10.1 Å². The third-order valence-electron chi connectivity index (χ3n) is 1.83. The topological polar surface area (TPSA) is 98.3 Å². The summed E-state index contributed by atoms with van der Waals surface area (Å²) in [7, 11) is 0. The van der Waals surface area contributed by atoms with Crippen molar-refractivity contribution < 1.29 is 9.72 Å². The Bertz CT molecular complexity index is 434. The van der Waals surface area contributed by atoms with Crippen LogP contribution < -0.4 is 11.1 Å². The van der Waals surface area contributed by atoms with Gasteiger partial charge in [0.15, 0.2) is 0 Å². The maximum atomic E-state index is 11.3. The number of nitrogens with one attached hydrogen (secondary N) is 1. The monoisotopic (exact) mass is 287 g/mol. The molecule has 6 nitrogen and oxygen atoms in total. The summed E-state index contributed by atoms with van der Waals surface area (Å²) in [6.45, 7) is 1.53. The van der Waals surface area contributed by atoms with E-state index in [9.17, 15) is 14.9 Å². The first-order valence-electron chi connectivity index (χ1n) is 4.42. The molecule has 3 N–H and O–H groups in total. The van der Waals surface area contributed by atoms with Gasteiger partial charge in [-0.25, -0.2) is 0 Å². The molecule has 0 spiro atoms. The lowest BCUT2D eigenvalue weighted by atomic mass is 10.2. The molecule has 16 heavy (non-hydrogen) atoms. The minimum atomic E-state index is -0.675. The maximum absolute atomic E-state index is 11.3. The molecule has 0 aliphatic rings. The molecule has 1 aromatic rings. The maximum Gasteiger partial charge on any atom is 0.271 e. The van der Waals surface area contributed by atoms with Crippen molar-refractivity contribution in [3.05, 3.63) is 32.8 Å². The number of halogens is 1. The lowest BCUT2D eigenvalue weighted by Gasteiger charge is -2.09. The number of nitro groups is 1. The van der Waals surface area contributed by atoms with Crippen LogP contribution in [-0.2, 0) is 4.79 Å². The van der Waals surface area contributed by atoms with E-state index >= 15 is 0 Å². The van der Waals surface area contributed by atoms with Crippen LogP contribution >= 0.6 is 15.9 Å². The fourth-order valence-corrected chi connectivity index (χ4v) is 1.31. The van der Waals surface area contributed by atoms with Crippen molar-refractivity contribution in [3.63, 3.8) is 0 Å². The molecular weight excluding hydrogens is 278 g/mol. The molecule has 86 valence electrons. The minimum Gasteiger partial charge on any atom is -0.324 e. The zero-order valence-electron chi connectivity index (χ0n) is 8.44. The van der Waals surface area contributed by atoms with Crippen LogP contribution in [0.4, 0.5) is 11.4 Å². The van der Waals surface area contributed by atoms with Crippen LogP contribution in [0.25, 0.3) is 0 Å². The lowest BCUT2D eigenvalue weighted by molar-refractivity contribution is -0.384. The highest BCUT2D eigenvalue weighted by atomic mass is 79.9. The van der Waals surface area contributed by atoms with Gasteiger partial charge in [-0.3, -0.25) is 14.9 Å². The van der Waals surface area contributed by atoms with E-state index in [2.05, 4.69) is 21.2 Å². The number of rotatable bonds is 3. The van der Waals surface area contributed by atoms with Gasteiger partial charge in [-0.1, -0.05) is 0 Å². The van der Waals surface area contributed by atoms with Crippen LogP contribution in [0.2, 0.25) is 0 Å². The van der Waals surface area contributed by atoms with Gasteiger partial charge in [0.05, 0.1) is 16.7 Å². The number of anilines is 1. The fraction of sp³-hybridized carbons (Fsp3) is 0.222. The van der Waals surface area contributed by atoms with Crippen LogP contribution in [0.1, 0.15) is 6.92 Å². The number of nitrogens with two attached hydrogens (primary N) is 1. The summed E-state index contributed by atoms with van der Waals surface area (Å²) in [5.74, 6) is -0.402. The SMILES string of the molecule is C[C@H](N)C(=O)Nc1cc([N+](=O)[O-])ccc1Br. The van der Waals surface area contributed by atoms with Crippen LogP contribution in [0.3, 0.4) is 0 Å². The highest BCUT2D eigenvalue weighted by Crippen LogP contribution is 2.27. The molecule has 0 radical (unpaired) electrons. The lowest BCUT2D eigenvalue weighted by Crippen LogP contribution is -2.32. The second-order valence-corrected chi connectivity index (χ2v) is 4.05. The Morgan fingerprint density at radius 1 is 1.62 bits per heavy atom.